The van der Waals surface area contributed by atoms with Crippen LogP contribution in [0.15, 0.2) is 61.1 Å². The monoisotopic (exact) mass is 444 g/mol. The third kappa shape index (κ3) is 4.74. The zero-order valence-electron chi connectivity index (χ0n) is 18.5. The molecule has 9 nitrogen and oxygen atoms in total. The Bertz CT molecular complexity index is 1230. The van der Waals surface area contributed by atoms with E-state index < -0.39 is 0 Å². The van der Waals surface area contributed by atoms with Crippen molar-refractivity contribution in [3.05, 3.63) is 66.6 Å². The van der Waals surface area contributed by atoms with E-state index in [4.69, 9.17) is 10.2 Å². The molecule has 0 saturated carbocycles. The number of anilines is 3. The predicted octanol–water partition coefficient (Wildman–Crippen LogP) is 3.95. The molecule has 170 valence electrons. The van der Waals surface area contributed by atoms with Gasteiger partial charge in [0, 0.05) is 24.5 Å². The van der Waals surface area contributed by atoms with E-state index in [2.05, 4.69) is 49.6 Å². The molecule has 0 radical (unpaired) electrons. The van der Waals surface area contributed by atoms with E-state index in [0.29, 0.717) is 17.7 Å². The van der Waals surface area contributed by atoms with Gasteiger partial charge in [-0.05, 0) is 68.3 Å². The van der Waals surface area contributed by atoms with Crippen LogP contribution in [0.5, 0.6) is 0 Å². The van der Waals surface area contributed by atoms with Crippen LogP contribution in [0.1, 0.15) is 31.4 Å². The summed E-state index contributed by atoms with van der Waals surface area (Å²) in [7, 11) is 0. The molecule has 1 fully saturated rings. The molecule has 0 bridgehead atoms. The van der Waals surface area contributed by atoms with Crippen LogP contribution in [-0.4, -0.2) is 43.9 Å². The van der Waals surface area contributed by atoms with Gasteiger partial charge in [0.25, 0.3) is 0 Å². The van der Waals surface area contributed by atoms with Crippen LogP contribution in [0, 0.1) is 0 Å². The molecule has 0 amide bonds. The first-order valence-corrected chi connectivity index (χ1v) is 11.2. The predicted molar refractivity (Wildman–Crippen MR) is 130 cm³/mol. The standard InChI is InChI=1S/C24H28N8O/c1-16(17-4-2-5-19(12-17)31-33)29-24-26-11-9-23(30-24)32-15-28-21-13-18(7-8-22(21)32)27-14-20-6-3-10-25-20/h2,4-5,7-9,11-13,15-16,20,25,27,31,33H,3,6,10,14H2,1H3,(H,26,29,30)/t16-,20?/m0/s1. The molecule has 5 N–H and O–H groups in total. The van der Waals surface area contributed by atoms with Crippen molar-refractivity contribution in [2.24, 2.45) is 0 Å². The fraction of sp³-hybridized carbons (Fsp3) is 0.292. The number of nitrogens with one attached hydrogen (secondary N) is 4. The minimum absolute atomic E-state index is 0.0453. The molecule has 1 aliphatic rings. The summed E-state index contributed by atoms with van der Waals surface area (Å²) in [6, 6.07) is 16.1. The van der Waals surface area contributed by atoms with E-state index in [9.17, 15) is 0 Å². The summed E-state index contributed by atoms with van der Waals surface area (Å²) in [6.45, 7) is 4.05. The third-order valence-corrected chi connectivity index (χ3v) is 6.01. The third-order valence-electron chi connectivity index (χ3n) is 6.01. The average molecular weight is 445 g/mol. The van der Waals surface area contributed by atoms with Crippen LogP contribution in [0.2, 0.25) is 0 Å². The van der Waals surface area contributed by atoms with Crippen LogP contribution >= 0.6 is 0 Å². The molecule has 1 saturated heterocycles. The van der Waals surface area contributed by atoms with Crippen molar-refractivity contribution in [2.75, 3.05) is 29.2 Å². The van der Waals surface area contributed by atoms with Crippen LogP contribution in [-0.2, 0) is 0 Å². The normalized spacial score (nSPS) is 16.6. The highest BCUT2D eigenvalue weighted by molar-refractivity contribution is 5.81. The average Bonchev–Trinajstić information content (AvgIpc) is 3.52. The Morgan fingerprint density at radius 2 is 2.09 bits per heavy atom. The van der Waals surface area contributed by atoms with Crippen molar-refractivity contribution in [2.45, 2.75) is 31.8 Å². The Morgan fingerprint density at radius 3 is 2.94 bits per heavy atom. The second-order valence-electron chi connectivity index (χ2n) is 8.33. The van der Waals surface area contributed by atoms with Gasteiger partial charge in [-0.1, -0.05) is 12.1 Å². The number of fused-ring (bicyclic) bond motifs is 1. The fourth-order valence-electron chi connectivity index (χ4n) is 4.18. The molecule has 2 aromatic carbocycles. The van der Waals surface area contributed by atoms with Gasteiger partial charge in [-0.3, -0.25) is 15.3 Å². The molecule has 2 aromatic heterocycles. The van der Waals surface area contributed by atoms with Gasteiger partial charge in [-0.2, -0.15) is 4.98 Å². The van der Waals surface area contributed by atoms with E-state index in [1.807, 2.05) is 35.8 Å². The van der Waals surface area contributed by atoms with Crippen LogP contribution in [0.3, 0.4) is 0 Å². The van der Waals surface area contributed by atoms with Gasteiger partial charge in [0.1, 0.15) is 12.1 Å². The Morgan fingerprint density at radius 1 is 1.15 bits per heavy atom. The maximum absolute atomic E-state index is 9.15. The van der Waals surface area contributed by atoms with Gasteiger partial charge in [-0.25, -0.2) is 9.97 Å². The lowest BCUT2D eigenvalue weighted by Gasteiger charge is -2.15. The molecular weight excluding hydrogens is 416 g/mol. The Hall–Kier alpha value is -3.69. The summed E-state index contributed by atoms with van der Waals surface area (Å²) in [6.07, 6.45) is 5.99. The van der Waals surface area contributed by atoms with Crippen LogP contribution in [0.4, 0.5) is 17.3 Å². The number of aromatic nitrogens is 4. The molecule has 1 aliphatic heterocycles. The number of benzene rings is 2. The minimum atomic E-state index is -0.0453. The summed E-state index contributed by atoms with van der Waals surface area (Å²) >= 11 is 0. The summed E-state index contributed by atoms with van der Waals surface area (Å²) in [4.78, 5) is 13.7. The Kier molecular flexibility index (Phi) is 6.05. The molecule has 4 aromatic rings. The lowest BCUT2D eigenvalue weighted by molar-refractivity contribution is 0.389. The minimum Gasteiger partial charge on any atom is -0.383 e. The Labute approximate surface area is 192 Å². The maximum Gasteiger partial charge on any atom is 0.225 e. The topological polar surface area (TPSA) is 112 Å². The zero-order chi connectivity index (χ0) is 22.6. The number of nitrogens with zero attached hydrogens (tertiary/aromatic N) is 4. The highest BCUT2D eigenvalue weighted by Gasteiger charge is 2.14. The number of hydrogen-bond donors (Lipinski definition) is 5. The summed E-state index contributed by atoms with van der Waals surface area (Å²) < 4.78 is 1.96. The van der Waals surface area contributed by atoms with Gasteiger partial charge in [0.2, 0.25) is 5.95 Å². The first-order chi connectivity index (χ1) is 16.2. The first-order valence-electron chi connectivity index (χ1n) is 11.2. The van der Waals surface area contributed by atoms with Gasteiger partial charge >= 0.3 is 0 Å². The molecule has 2 atom stereocenters. The molecule has 3 heterocycles. The number of rotatable bonds is 8. The van der Waals surface area contributed by atoms with Gasteiger partial charge < -0.3 is 16.0 Å². The van der Waals surface area contributed by atoms with Gasteiger partial charge in [0.15, 0.2) is 0 Å². The quantitative estimate of drug-likeness (QED) is 0.260. The fourth-order valence-corrected chi connectivity index (χ4v) is 4.18. The zero-order valence-corrected chi connectivity index (χ0v) is 18.5. The number of hydrogen-bond acceptors (Lipinski definition) is 8. The smallest absolute Gasteiger partial charge is 0.225 e. The van der Waals surface area contributed by atoms with E-state index in [-0.39, 0.29) is 6.04 Å². The number of imidazole rings is 1. The van der Waals surface area contributed by atoms with E-state index in [1.54, 1.807) is 18.6 Å². The molecule has 5 rings (SSSR count). The molecular formula is C24H28N8O. The molecule has 0 spiro atoms. The first kappa shape index (κ1) is 21.2. The van der Waals surface area contributed by atoms with E-state index in [0.717, 1.165) is 41.2 Å². The van der Waals surface area contributed by atoms with Crippen molar-refractivity contribution in [3.8, 4) is 5.82 Å². The molecule has 1 unspecified atom stereocenters. The largest absolute Gasteiger partial charge is 0.383 e. The molecule has 33 heavy (non-hydrogen) atoms. The van der Waals surface area contributed by atoms with Crippen LogP contribution in [0.25, 0.3) is 16.9 Å². The van der Waals surface area contributed by atoms with Crippen molar-refractivity contribution < 1.29 is 5.21 Å². The second-order valence-corrected chi connectivity index (χ2v) is 8.33. The SMILES string of the molecule is C[C@H](Nc1nccc(-n2cnc3cc(NCC4CCCN4)ccc32)n1)c1cccc(NO)c1. The van der Waals surface area contributed by atoms with Crippen LogP contribution < -0.4 is 21.4 Å². The highest BCUT2D eigenvalue weighted by Crippen LogP contribution is 2.23. The second kappa shape index (κ2) is 9.43. The van der Waals surface area contributed by atoms with E-state index in [1.165, 1.54) is 12.8 Å². The van der Waals surface area contributed by atoms with Crippen molar-refractivity contribution in [3.63, 3.8) is 0 Å². The van der Waals surface area contributed by atoms with Crippen molar-refractivity contribution >= 4 is 28.4 Å². The summed E-state index contributed by atoms with van der Waals surface area (Å²) in [5, 5.41) is 19.5. The van der Waals surface area contributed by atoms with Gasteiger partial charge in [0.05, 0.1) is 22.8 Å². The highest BCUT2D eigenvalue weighted by atomic mass is 16.5. The lowest BCUT2D eigenvalue weighted by Crippen LogP contribution is -2.29. The summed E-state index contributed by atoms with van der Waals surface area (Å²) in [5.41, 5.74) is 6.78. The molecule has 0 aliphatic carbocycles. The molecule has 9 heteroatoms. The maximum atomic E-state index is 9.15. The van der Waals surface area contributed by atoms with Crippen molar-refractivity contribution in [1.29, 1.82) is 0 Å². The lowest BCUT2D eigenvalue weighted by atomic mass is 10.1. The Balaban J connectivity index is 1.32. The summed E-state index contributed by atoms with van der Waals surface area (Å²) in [5.74, 6) is 1.26. The van der Waals surface area contributed by atoms with Gasteiger partial charge in [-0.15, -0.1) is 0 Å². The van der Waals surface area contributed by atoms with E-state index >= 15 is 0 Å². The van der Waals surface area contributed by atoms with Crippen molar-refractivity contribution in [1.82, 2.24) is 24.8 Å².